The molecule has 1 aliphatic rings. The lowest BCUT2D eigenvalue weighted by Gasteiger charge is -2.35. The molecule has 3 rings (SSSR count). The van der Waals surface area contributed by atoms with Crippen LogP contribution in [0.1, 0.15) is 13.8 Å². The number of hydrogen-bond donors (Lipinski definition) is 1. The Balaban J connectivity index is 0.000000847. The Hall–Kier alpha value is -1.65. The van der Waals surface area contributed by atoms with Crippen LogP contribution in [0.15, 0.2) is 59.5 Å². The molecule has 0 aromatic heterocycles. The normalized spacial score (nSPS) is 15.1. The van der Waals surface area contributed by atoms with Crippen LogP contribution < -0.4 is 4.90 Å². The standard InChI is InChI=1S/C16H18N2OS.C2H6/c19-15-8-6-14(7-9-15)17-10-12-18(13-11-17)20-16-4-2-1-3-5-16;1-2/h1-9,19H,10-13H2;1-2H3. The highest BCUT2D eigenvalue weighted by atomic mass is 32.2. The highest BCUT2D eigenvalue weighted by Crippen LogP contribution is 2.25. The van der Waals surface area contributed by atoms with E-state index in [4.69, 9.17) is 0 Å². The minimum Gasteiger partial charge on any atom is -0.508 e. The Morgan fingerprint density at radius 1 is 0.818 bits per heavy atom. The fourth-order valence-corrected chi connectivity index (χ4v) is 3.25. The SMILES string of the molecule is CC.Oc1ccc(N2CCN(Sc3ccccc3)CC2)cc1. The van der Waals surface area contributed by atoms with Crippen molar-refractivity contribution in [3.8, 4) is 5.75 Å². The van der Waals surface area contributed by atoms with Gasteiger partial charge in [0.2, 0.25) is 0 Å². The molecule has 0 bridgehead atoms. The van der Waals surface area contributed by atoms with Gasteiger partial charge in [-0.05, 0) is 48.3 Å². The van der Waals surface area contributed by atoms with Gasteiger partial charge in [0.1, 0.15) is 5.75 Å². The van der Waals surface area contributed by atoms with Crippen molar-refractivity contribution in [1.82, 2.24) is 4.31 Å². The van der Waals surface area contributed by atoms with Gasteiger partial charge >= 0.3 is 0 Å². The molecule has 0 spiro atoms. The first kappa shape index (κ1) is 16.7. The molecular weight excluding hydrogens is 292 g/mol. The first-order chi connectivity index (χ1) is 10.8. The van der Waals surface area contributed by atoms with Crippen molar-refractivity contribution in [3.05, 3.63) is 54.6 Å². The molecule has 1 aliphatic heterocycles. The van der Waals surface area contributed by atoms with Crippen LogP contribution in [0.3, 0.4) is 0 Å². The molecule has 0 aliphatic carbocycles. The van der Waals surface area contributed by atoms with Crippen LogP contribution in [0.5, 0.6) is 5.75 Å². The average molecular weight is 316 g/mol. The summed E-state index contributed by atoms with van der Waals surface area (Å²) < 4.78 is 2.41. The first-order valence-electron chi connectivity index (χ1n) is 7.83. The van der Waals surface area contributed by atoms with Crippen LogP contribution in [0, 0.1) is 0 Å². The Morgan fingerprint density at radius 3 is 2.00 bits per heavy atom. The number of phenols is 1. The van der Waals surface area contributed by atoms with Crippen LogP contribution in [0.4, 0.5) is 5.69 Å². The zero-order chi connectivity index (χ0) is 15.8. The Kier molecular flexibility index (Phi) is 6.62. The molecule has 1 saturated heterocycles. The van der Waals surface area contributed by atoms with Gasteiger partial charge in [0.25, 0.3) is 0 Å². The van der Waals surface area contributed by atoms with Gasteiger partial charge < -0.3 is 10.0 Å². The van der Waals surface area contributed by atoms with E-state index in [1.165, 1.54) is 10.6 Å². The van der Waals surface area contributed by atoms with Crippen molar-refractivity contribution in [3.63, 3.8) is 0 Å². The lowest BCUT2D eigenvalue weighted by atomic mass is 10.2. The fourth-order valence-electron chi connectivity index (χ4n) is 2.33. The first-order valence-corrected chi connectivity index (χ1v) is 8.60. The maximum atomic E-state index is 9.33. The van der Waals surface area contributed by atoms with Crippen LogP contribution in [0.25, 0.3) is 0 Å². The van der Waals surface area contributed by atoms with Gasteiger partial charge in [-0.15, -0.1) is 0 Å². The lowest BCUT2D eigenvalue weighted by molar-refractivity contribution is 0.429. The summed E-state index contributed by atoms with van der Waals surface area (Å²) in [5, 5.41) is 9.33. The third-order valence-electron chi connectivity index (χ3n) is 3.43. The van der Waals surface area contributed by atoms with E-state index in [-0.39, 0.29) is 0 Å². The minimum atomic E-state index is 0.326. The van der Waals surface area contributed by atoms with Gasteiger partial charge in [-0.3, -0.25) is 0 Å². The van der Waals surface area contributed by atoms with Crippen LogP contribution in [0.2, 0.25) is 0 Å². The van der Waals surface area contributed by atoms with Crippen molar-refractivity contribution in [2.24, 2.45) is 0 Å². The Labute approximate surface area is 137 Å². The van der Waals surface area contributed by atoms with Gasteiger partial charge in [0.05, 0.1) is 0 Å². The van der Waals surface area contributed by atoms with Gasteiger partial charge in [0, 0.05) is 36.8 Å². The smallest absolute Gasteiger partial charge is 0.115 e. The third kappa shape index (κ3) is 4.68. The van der Waals surface area contributed by atoms with Crippen LogP contribution >= 0.6 is 11.9 Å². The highest BCUT2D eigenvalue weighted by molar-refractivity contribution is 7.97. The molecule has 0 radical (unpaired) electrons. The van der Waals surface area contributed by atoms with Crippen molar-refractivity contribution in [2.75, 3.05) is 31.1 Å². The van der Waals surface area contributed by atoms with Gasteiger partial charge in [-0.25, -0.2) is 4.31 Å². The molecule has 118 valence electrons. The molecule has 4 heteroatoms. The van der Waals surface area contributed by atoms with Crippen molar-refractivity contribution >= 4 is 17.6 Å². The average Bonchev–Trinajstić information content (AvgIpc) is 2.59. The topological polar surface area (TPSA) is 26.7 Å². The van der Waals surface area contributed by atoms with Crippen LogP contribution in [-0.2, 0) is 0 Å². The quantitative estimate of drug-likeness (QED) is 0.857. The van der Waals surface area contributed by atoms with E-state index in [9.17, 15) is 5.11 Å². The van der Waals surface area contributed by atoms with Crippen LogP contribution in [-0.4, -0.2) is 35.6 Å². The number of hydrogen-bond acceptors (Lipinski definition) is 4. The number of phenolic OH excluding ortho intramolecular Hbond substituents is 1. The van der Waals surface area contributed by atoms with E-state index in [1.807, 2.05) is 44.0 Å². The molecule has 2 aromatic rings. The molecule has 0 atom stereocenters. The maximum absolute atomic E-state index is 9.33. The summed E-state index contributed by atoms with van der Waals surface area (Å²) in [6, 6.07) is 18.0. The summed E-state index contributed by atoms with van der Waals surface area (Å²) in [6.07, 6.45) is 0. The second kappa shape index (κ2) is 8.71. The van der Waals surface area contributed by atoms with Gasteiger partial charge in [-0.2, -0.15) is 0 Å². The number of rotatable bonds is 3. The second-order valence-corrected chi connectivity index (χ2v) is 6.01. The highest BCUT2D eigenvalue weighted by Gasteiger charge is 2.17. The van der Waals surface area contributed by atoms with Gasteiger partial charge in [0.15, 0.2) is 0 Å². The Bertz CT molecular complexity index is 537. The van der Waals surface area contributed by atoms with Crippen molar-refractivity contribution in [1.29, 1.82) is 0 Å². The fraction of sp³-hybridized carbons (Fsp3) is 0.333. The number of benzene rings is 2. The molecule has 1 fully saturated rings. The molecule has 0 amide bonds. The summed E-state index contributed by atoms with van der Waals surface area (Å²) >= 11 is 1.83. The number of anilines is 1. The van der Waals surface area contributed by atoms with Crippen molar-refractivity contribution < 1.29 is 5.11 Å². The largest absolute Gasteiger partial charge is 0.508 e. The Morgan fingerprint density at radius 2 is 1.41 bits per heavy atom. The lowest BCUT2D eigenvalue weighted by Crippen LogP contribution is -2.43. The second-order valence-electron chi connectivity index (χ2n) is 4.84. The van der Waals surface area contributed by atoms with Gasteiger partial charge in [-0.1, -0.05) is 32.0 Å². The summed E-state index contributed by atoms with van der Waals surface area (Å²) in [4.78, 5) is 3.66. The minimum absolute atomic E-state index is 0.326. The molecule has 0 saturated carbocycles. The molecule has 1 heterocycles. The summed E-state index contributed by atoms with van der Waals surface area (Å²) in [5.41, 5.74) is 1.19. The van der Waals surface area contributed by atoms with E-state index < -0.39 is 0 Å². The summed E-state index contributed by atoms with van der Waals surface area (Å²) in [5.74, 6) is 0.326. The molecule has 3 nitrogen and oxygen atoms in total. The molecule has 1 N–H and O–H groups in total. The predicted molar refractivity (Wildman–Crippen MR) is 95.5 cm³/mol. The van der Waals surface area contributed by atoms with E-state index >= 15 is 0 Å². The number of aromatic hydroxyl groups is 1. The predicted octanol–water partition coefficient (Wildman–Crippen LogP) is 4.25. The number of nitrogens with zero attached hydrogens (tertiary/aromatic N) is 2. The maximum Gasteiger partial charge on any atom is 0.115 e. The summed E-state index contributed by atoms with van der Waals surface area (Å²) in [7, 11) is 0. The molecule has 22 heavy (non-hydrogen) atoms. The summed E-state index contributed by atoms with van der Waals surface area (Å²) in [6.45, 7) is 8.12. The van der Waals surface area contributed by atoms with Crippen molar-refractivity contribution in [2.45, 2.75) is 18.7 Å². The molecular formula is C18H24N2OS. The zero-order valence-electron chi connectivity index (χ0n) is 13.3. The van der Waals surface area contributed by atoms with E-state index in [0.717, 1.165) is 26.2 Å². The zero-order valence-corrected chi connectivity index (χ0v) is 14.1. The van der Waals surface area contributed by atoms with E-state index in [2.05, 4.69) is 33.5 Å². The van der Waals surface area contributed by atoms with E-state index in [1.54, 1.807) is 12.1 Å². The molecule has 2 aromatic carbocycles. The number of piperazine rings is 1. The van der Waals surface area contributed by atoms with E-state index in [0.29, 0.717) is 5.75 Å². The molecule has 0 unspecified atom stereocenters. The third-order valence-corrected chi connectivity index (χ3v) is 4.54. The monoisotopic (exact) mass is 316 g/mol.